The topological polar surface area (TPSA) is 96.2 Å². The first-order valence-corrected chi connectivity index (χ1v) is 14.3. The second-order valence-electron chi connectivity index (χ2n) is 9.02. The fourth-order valence-electron chi connectivity index (χ4n) is 4.53. The number of carbonyl (C=O) groups is 2. The zero-order valence-electron chi connectivity index (χ0n) is 22.4. The summed E-state index contributed by atoms with van der Waals surface area (Å²) in [6.45, 7) is 3.69. The van der Waals surface area contributed by atoms with Crippen molar-refractivity contribution in [3.63, 3.8) is 0 Å². The van der Waals surface area contributed by atoms with Crippen molar-refractivity contribution in [3.8, 4) is 11.5 Å². The lowest BCUT2D eigenvalue weighted by Crippen LogP contribution is -2.39. The Morgan fingerprint density at radius 3 is 2.51 bits per heavy atom. The quantitative estimate of drug-likeness (QED) is 0.215. The Kier molecular flexibility index (Phi) is 8.32. The molecule has 0 saturated carbocycles. The fraction of sp³-hybridized carbons (Fsp3) is 0.161. The summed E-state index contributed by atoms with van der Waals surface area (Å²) in [4.78, 5) is 44.5. The molecule has 0 saturated heterocycles. The van der Waals surface area contributed by atoms with Gasteiger partial charge in [0.05, 0.1) is 41.1 Å². The molecule has 2 heterocycles. The second-order valence-corrected chi connectivity index (χ2v) is 10.9. The van der Waals surface area contributed by atoms with Gasteiger partial charge in [0.25, 0.3) is 5.56 Å². The molecular formula is C31H25BrN2O6S. The van der Waals surface area contributed by atoms with Gasteiger partial charge in [-0.2, -0.15) is 0 Å². The molecule has 0 aliphatic carbocycles. The molecule has 4 aromatic rings. The molecule has 1 atom stereocenters. The van der Waals surface area contributed by atoms with Crippen molar-refractivity contribution in [3.05, 3.63) is 125 Å². The number of carbonyl (C=O) groups excluding carboxylic acids is 2. The highest BCUT2D eigenvalue weighted by atomic mass is 79.9. The normalized spacial score (nSPS) is 14.7. The van der Waals surface area contributed by atoms with Gasteiger partial charge >= 0.3 is 11.9 Å². The highest BCUT2D eigenvalue weighted by Gasteiger charge is 2.33. The summed E-state index contributed by atoms with van der Waals surface area (Å²) < 4.78 is 19.1. The number of rotatable bonds is 7. The van der Waals surface area contributed by atoms with E-state index >= 15 is 0 Å². The first kappa shape index (κ1) is 28.3. The number of allylic oxidation sites excluding steroid dienone is 1. The Morgan fingerprint density at radius 2 is 1.80 bits per heavy atom. The van der Waals surface area contributed by atoms with E-state index in [9.17, 15) is 14.4 Å². The van der Waals surface area contributed by atoms with Gasteiger partial charge in [0.1, 0.15) is 0 Å². The van der Waals surface area contributed by atoms with Crippen LogP contribution in [0.3, 0.4) is 0 Å². The summed E-state index contributed by atoms with van der Waals surface area (Å²) in [5.41, 5.74) is 2.36. The third kappa shape index (κ3) is 5.79. The monoisotopic (exact) mass is 632 g/mol. The summed E-state index contributed by atoms with van der Waals surface area (Å²) in [5, 5.41) is 0. The lowest BCUT2D eigenvalue weighted by atomic mass is 9.96. The van der Waals surface area contributed by atoms with Gasteiger partial charge in [0, 0.05) is 4.47 Å². The van der Waals surface area contributed by atoms with Crippen molar-refractivity contribution in [2.75, 3.05) is 13.7 Å². The number of esters is 2. The third-order valence-electron chi connectivity index (χ3n) is 6.38. The van der Waals surface area contributed by atoms with Crippen molar-refractivity contribution in [1.82, 2.24) is 4.57 Å². The molecule has 208 valence electrons. The molecular weight excluding hydrogens is 608 g/mol. The average molecular weight is 634 g/mol. The van der Waals surface area contributed by atoms with Crippen LogP contribution in [0.5, 0.6) is 11.5 Å². The van der Waals surface area contributed by atoms with Gasteiger partial charge in [-0.25, -0.2) is 14.6 Å². The first-order chi connectivity index (χ1) is 19.8. The molecule has 0 radical (unpaired) electrons. The highest BCUT2D eigenvalue weighted by Crippen LogP contribution is 2.31. The lowest BCUT2D eigenvalue weighted by Gasteiger charge is -2.24. The molecule has 1 aliphatic rings. The van der Waals surface area contributed by atoms with Crippen LogP contribution < -0.4 is 24.4 Å². The summed E-state index contributed by atoms with van der Waals surface area (Å²) in [6, 6.07) is 20.6. The minimum atomic E-state index is -0.678. The van der Waals surface area contributed by atoms with E-state index in [-0.39, 0.29) is 17.9 Å². The van der Waals surface area contributed by atoms with Crippen molar-refractivity contribution >= 4 is 45.3 Å². The van der Waals surface area contributed by atoms with Crippen LogP contribution in [0.25, 0.3) is 6.08 Å². The SMILES string of the molecule is CCOC(=O)C1=C(C)N=c2s/c(=C\c3ccc(OC(=O)c4cccc(Br)c4)c(OC)c3)c(=O)n2[C@H]1c1ccccc1. The largest absolute Gasteiger partial charge is 0.493 e. The molecule has 0 fully saturated rings. The van der Waals surface area contributed by atoms with Gasteiger partial charge in [-0.1, -0.05) is 69.7 Å². The first-order valence-electron chi connectivity index (χ1n) is 12.7. The summed E-state index contributed by atoms with van der Waals surface area (Å²) >= 11 is 4.58. The molecule has 8 nitrogen and oxygen atoms in total. The van der Waals surface area contributed by atoms with Crippen molar-refractivity contribution in [2.45, 2.75) is 19.9 Å². The summed E-state index contributed by atoms with van der Waals surface area (Å²) in [5.74, 6) is -0.457. The van der Waals surface area contributed by atoms with Crippen LogP contribution >= 0.6 is 27.3 Å². The van der Waals surface area contributed by atoms with Gasteiger partial charge in [-0.3, -0.25) is 9.36 Å². The molecule has 41 heavy (non-hydrogen) atoms. The standard InChI is InChI=1S/C31H25BrN2O6S/c1-4-39-30(37)26-18(2)33-31-34(27(26)20-9-6-5-7-10-20)28(35)25(41-31)16-19-13-14-23(24(15-19)38-3)40-29(36)21-11-8-12-22(32)17-21/h5-17,27H,4H2,1-3H3/b25-16-/t27-/m0/s1. The van der Waals surface area contributed by atoms with Gasteiger partial charge in [0.15, 0.2) is 16.3 Å². The number of ether oxygens (including phenoxy) is 3. The van der Waals surface area contributed by atoms with E-state index in [2.05, 4.69) is 20.9 Å². The predicted octanol–water partition coefficient (Wildman–Crippen LogP) is 4.79. The van der Waals surface area contributed by atoms with Gasteiger partial charge < -0.3 is 14.2 Å². The minimum absolute atomic E-state index is 0.206. The molecule has 1 aromatic heterocycles. The number of fused-ring (bicyclic) bond motifs is 1. The van der Waals surface area contributed by atoms with Gasteiger partial charge in [-0.05, 0) is 61.4 Å². The molecule has 0 amide bonds. The van der Waals surface area contributed by atoms with Crippen LogP contribution in [0.4, 0.5) is 0 Å². The molecule has 5 rings (SSSR count). The van der Waals surface area contributed by atoms with Crippen LogP contribution in [0, 0.1) is 0 Å². The maximum atomic E-state index is 13.8. The third-order valence-corrected chi connectivity index (χ3v) is 7.86. The smallest absolute Gasteiger partial charge is 0.343 e. The number of thiazole rings is 1. The zero-order chi connectivity index (χ0) is 29.1. The number of hydrogen-bond donors (Lipinski definition) is 0. The van der Waals surface area contributed by atoms with Crippen LogP contribution in [0.1, 0.15) is 41.4 Å². The Bertz CT molecular complexity index is 1860. The molecule has 0 spiro atoms. The van der Waals surface area contributed by atoms with Crippen LogP contribution in [-0.2, 0) is 9.53 Å². The van der Waals surface area contributed by atoms with E-state index in [1.807, 2.05) is 36.4 Å². The maximum absolute atomic E-state index is 13.8. The minimum Gasteiger partial charge on any atom is -0.493 e. The van der Waals surface area contributed by atoms with Gasteiger partial charge in [-0.15, -0.1) is 0 Å². The highest BCUT2D eigenvalue weighted by molar-refractivity contribution is 9.10. The number of nitrogens with zero attached hydrogens (tertiary/aromatic N) is 2. The fourth-order valence-corrected chi connectivity index (χ4v) is 5.97. The van der Waals surface area contributed by atoms with E-state index in [0.29, 0.717) is 37.5 Å². The Balaban J connectivity index is 1.55. The van der Waals surface area contributed by atoms with Crippen LogP contribution in [-0.4, -0.2) is 30.2 Å². The average Bonchev–Trinajstić information content (AvgIpc) is 3.27. The Labute approximate surface area is 248 Å². The second kappa shape index (κ2) is 12.1. The lowest BCUT2D eigenvalue weighted by molar-refractivity contribution is -0.139. The van der Waals surface area contributed by atoms with Gasteiger partial charge in [0.2, 0.25) is 0 Å². The zero-order valence-corrected chi connectivity index (χ0v) is 24.8. The summed E-state index contributed by atoms with van der Waals surface area (Å²) in [6.07, 6.45) is 1.72. The van der Waals surface area contributed by atoms with E-state index in [4.69, 9.17) is 14.2 Å². The van der Waals surface area contributed by atoms with E-state index in [1.165, 1.54) is 23.0 Å². The number of hydrogen-bond acceptors (Lipinski definition) is 8. The number of aromatic nitrogens is 1. The van der Waals surface area contributed by atoms with Crippen molar-refractivity contribution in [1.29, 1.82) is 0 Å². The Morgan fingerprint density at radius 1 is 1.02 bits per heavy atom. The maximum Gasteiger partial charge on any atom is 0.343 e. The molecule has 3 aromatic carbocycles. The van der Waals surface area contributed by atoms with Crippen molar-refractivity contribution in [2.24, 2.45) is 4.99 Å². The van der Waals surface area contributed by atoms with Crippen molar-refractivity contribution < 1.29 is 23.8 Å². The van der Waals surface area contributed by atoms with E-state index in [0.717, 1.165) is 10.0 Å². The predicted molar refractivity (Wildman–Crippen MR) is 159 cm³/mol. The summed E-state index contributed by atoms with van der Waals surface area (Å²) in [7, 11) is 1.48. The number of methoxy groups -OCH3 is 1. The van der Waals surface area contributed by atoms with E-state index in [1.54, 1.807) is 56.3 Å². The number of halogens is 1. The molecule has 0 N–H and O–H groups in total. The molecule has 1 aliphatic heterocycles. The number of benzene rings is 3. The molecule has 0 bridgehead atoms. The van der Waals surface area contributed by atoms with E-state index < -0.39 is 18.0 Å². The molecule has 0 unspecified atom stereocenters. The Hall–Kier alpha value is -4.28. The van der Waals surface area contributed by atoms with Crippen LogP contribution in [0.2, 0.25) is 0 Å². The van der Waals surface area contributed by atoms with Crippen LogP contribution in [0.15, 0.2) is 98.3 Å². The molecule has 10 heteroatoms.